The van der Waals surface area contributed by atoms with Crippen LogP contribution in [-0.4, -0.2) is 21.2 Å². The number of aliphatic hydroxyl groups excluding tert-OH is 1. The van der Waals surface area contributed by atoms with Gasteiger partial charge in [0.2, 0.25) is 0 Å². The summed E-state index contributed by atoms with van der Waals surface area (Å²) in [6.45, 7) is 0. The standard InChI is InChI=1S/C19H19BrN2O2S/c20-14-11-21-8-7-17(14)24-13-5-6-15-18(10-13)25-19(22-15)9-12-3-1-2-4-16(12)23/h5-8,10-12,16,23H,1-4,9H2/t12-,16+/m0/s1. The maximum atomic E-state index is 10.2. The Kier molecular flexibility index (Phi) is 5.01. The number of nitrogens with zero attached hydrogens (tertiary/aromatic N) is 2. The van der Waals surface area contributed by atoms with E-state index in [4.69, 9.17) is 9.72 Å². The second-order valence-corrected chi connectivity index (χ2v) is 8.43. The van der Waals surface area contributed by atoms with Gasteiger partial charge in [0.25, 0.3) is 0 Å². The van der Waals surface area contributed by atoms with Crippen LogP contribution in [0.1, 0.15) is 30.7 Å². The van der Waals surface area contributed by atoms with E-state index >= 15 is 0 Å². The molecule has 6 heteroatoms. The number of aromatic nitrogens is 2. The predicted molar refractivity (Wildman–Crippen MR) is 103 cm³/mol. The summed E-state index contributed by atoms with van der Waals surface area (Å²) >= 11 is 5.14. The van der Waals surface area contributed by atoms with Crippen LogP contribution in [0.4, 0.5) is 0 Å². The maximum absolute atomic E-state index is 10.2. The van der Waals surface area contributed by atoms with Crippen LogP contribution in [0.2, 0.25) is 0 Å². The van der Waals surface area contributed by atoms with Gasteiger partial charge in [-0.3, -0.25) is 4.98 Å². The van der Waals surface area contributed by atoms with E-state index < -0.39 is 0 Å². The molecule has 2 heterocycles. The highest BCUT2D eigenvalue weighted by Gasteiger charge is 2.24. The molecule has 0 radical (unpaired) electrons. The lowest BCUT2D eigenvalue weighted by atomic mass is 9.84. The van der Waals surface area contributed by atoms with Gasteiger partial charge in [0.15, 0.2) is 0 Å². The molecule has 1 aromatic carbocycles. The topological polar surface area (TPSA) is 55.2 Å². The largest absolute Gasteiger partial charge is 0.456 e. The summed E-state index contributed by atoms with van der Waals surface area (Å²) in [6, 6.07) is 7.79. The molecular weight excluding hydrogens is 400 g/mol. The summed E-state index contributed by atoms with van der Waals surface area (Å²) in [5.74, 6) is 1.87. The summed E-state index contributed by atoms with van der Waals surface area (Å²) in [6.07, 6.45) is 8.49. The molecule has 1 fully saturated rings. The Bertz CT molecular complexity index is 883. The molecule has 1 aliphatic rings. The number of fused-ring (bicyclic) bond motifs is 1. The second-order valence-electron chi connectivity index (χ2n) is 6.46. The zero-order valence-electron chi connectivity index (χ0n) is 13.7. The van der Waals surface area contributed by atoms with Crippen molar-refractivity contribution in [3.8, 4) is 11.5 Å². The average molecular weight is 419 g/mol. The SMILES string of the molecule is O[C@@H]1CCCC[C@H]1Cc1nc2ccc(Oc3ccncc3Br)cc2s1. The first kappa shape index (κ1) is 16.9. The van der Waals surface area contributed by atoms with E-state index in [1.807, 2.05) is 24.3 Å². The van der Waals surface area contributed by atoms with Crippen molar-refractivity contribution in [2.75, 3.05) is 0 Å². The number of ether oxygens (including phenoxy) is 1. The predicted octanol–water partition coefficient (Wildman–Crippen LogP) is 5.34. The van der Waals surface area contributed by atoms with Crippen LogP contribution in [0, 0.1) is 5.92 Å². The molecule has 25 heavy (non-hydrogen) atoms. The van der Waals surface area contributed by atoms with E-state index in [-0.39, 0.29) is 6.10 Å². The summed E-state index contributed by atoms with van der Waals surface area (Å²) in [5.41, 5.74) is 0.992. The van der Waals surface area contributed by atoms with Crippen LogP contribution >= 0.6 is 27.3 Å². The molecule has 1 N–H and O–H groups in total. The van der Waals surface area contributed by atoms with Crippen molar-refractivity contribution in [2.45, 2.75) is 38.2 Å². The van der Waals surface area contributed by atoms with Crippen molar-refractivity contribution in [1.82, 2.24) is 9.97 Å². The van der Waals surface area contributed by atoms with Gasteiger partial charge >= 0.3 is 0 Å². The van der Waals surface area contributed by atoms with Gasteiger partial charge in [0, 0.05) is 30.9 Å². The van der Waals surface area contributed by atoms with Crippen molar-refractivity contribution in [1.29, 1.82) is 0 Å². The Labute approximate surface area is 159 Å². The fraction of sp³-hybridized carbons (Fsp3) is 0.368. The second kappa shape index (κ2) is 7.40. The number of aliphatic hydroxyl groups is 1. The number of hydrogen-bond donors (Lipinski definition) is 1. The van der Waals surface area contributed by atoms with E-state index in [2.05, 4.69) is 20.9 Å². The Morgan fingerprint density at radius 2 is 2.12 bits per heavy atom. The lowest BCUT2D eigenvalue weighted by Gasteiger charge is -2.26. The van der Waals surface area contributed by atoms with Crippen LogP contribution in [0.15, 0.2) is 41.1 Å². The van der Waals surface area contributed by atoms with Gasteiger partial charge in [0.1, 0.15) is 11.5 Å². The van der Waals surface area contributed by atoms with Crippen molar-refractivity contribution < 1.29 is 9.84 Å². The minimum absolute atomic E-state index is 0.177. The van der Waals surface area contributed by atoms with Crippen LogP contribution in [0.3, 0.4) is 0 Å². The van der Waals surface area contributed by atoms with Gasteiger partial charge in [-0.05, 0) is 46.8 Å². The molecular formula is C19H19BrN2O2S. The first-order valence-corrected chi connectivity index (χ1v) is 10.1. The van der Waals surface area contributed by atoms with Gasteiger partial charge < -0.3 is 9.84 Å². The molecule has 0 amide bonds. The minimum atomic E-state index is -0.177. The summed E-state index contributed by atoms with van der Waals surface area (Å²) in [7, 11) is 0. The quantitative estimate of drug-likeness (QED) is 0.620. The van der Waals surface area contributed by atoms with Gasteiger partial charge in [-0.2, -0.15) is 0 Å². The average Bonchev–Trinajstić information content (AvgIpc) is 3.01. The van der Waals surface area contributed by atoms with E-state index in [0.29, 0.717) is 5.92 Å². The number of halogens is 1. The highest BCUT2D eigenvalue weighted by atomic mass is 79.9. The van der Waals surface area contributed by atoms with Gasteiger partial charge in [-0.15, -0.1) is 11.3 Å². The molecule has 4 rings (SSSR count). The van der Waals surface area contributed by atoms with Crippen molar-refractivity contribution >= 4 is 37.5 Å². The maximum Gasteiger partial charge on any atom is 0.144 e. The zero-order chi connectivity index (χ0) is 17.2. The highest BCUT2D eigenvalue weighted by Crippen LogP contribution is 2.34. The molecule has 1 aliphatic carbocycles. The van der Waals surface area contributed by atoms with E-state index in [0.717, 1.165) is 56.9 Å². The fourth-order valence-corrected chi connectivity index (χ4v) is 4.75. The van der Waals surface area contributed by atoms with Crippen LogP contribution in [0.25, 0.3) is 10.2 Å². The van der Waals surface area contributed by atoms with Gasteiger partial charge in [-0.25, -0.2) is 4.98 Å². The Morgan fingerprint density at radius 1 is 1.24 bits per heavy atom. The van der Waals surface area contributed by atoms with Crippen molar-refractivity contribution in [3.63, 3.8) is 0 Å². The van der Waals surface area contributed by atoms with Crippen LogP contribution in [0.5, 0.6) is 11.5 Å². The molecule has 4 nitrogen and oxygen atoms in total. The van der Waals surface area contributed by atoms with Crippen LogP contribution in [-0.2, 0) is 6.42 Å². The monoisotopic (exact) mass is 418 g/mol. The van der Waals surface area contributed by atoms with E-state index in [9.17, 15) is 5.11 Å². The molecule has 0 bridgehead atoms. The van der Waals surface area contributed by atoms with E-state index in [1.165, 1.54) is 6.42 Å². The number of rotatable bonds is 4. The lowest BCUT2D eigenvalue weighted by molar-refractivity contribution is 0.0700. The summed E-state index contributed by atoms with van der Waals surface area (Å²) in [5, 5.41) is 11.3. The molecule has 2 atom stereocenters. The molecule has 0 unspecified atom stereocenters. The Balaban J connectivity index is 1.54. The number of benzene rings is 1. The minimum Gasteiger partial charge on any atom is -0.456 e. The zero-order valence-corrected chi connectivity index (χ0v) is 16.1. The first-order valence-electron chi connectivity index (χ1n) is 8.54. The van der Waals surface area contributed by atoms with Crippen molar-refractivity contribution in [2.24, 2.45) is 5.92 Å². The lowest BCUT2D eigenvalue weighted by Crippen LogP contribution is -2.26. The third kappa shape index (κ3) is 3.86. The Hall–Kier alpha value is -1.50. The molecule has 1 saturated carbocycles. The molecule has 0 aliphatic heterocycles. The number of hydrogen-bond acceptors (Lipinski definition) is 5. The highest BCUT2D eigenvalue weighted by molar-refractivity contribution is 9.10. The van der Waals surface area contributed by atoms with E-state index in [1.54, 1.807) is 23.7 Å². The number of thiazole rings is 1. The summed E-state index contributed by atoms with van der Waals surface area (Å²) < 4.78 is 7.88. The molecule has 3 aromatic rings. The molecule has 0 saturated heterocycles. The summed E-state index contributed by atoms with van der Waals surface area (Å²) in [4.78, 5) is 8.79. The Morgan fingerprint density at radius 3 is 2.96 bits per heavy atom. The first-order chi connectivity index (χ1) is 12.2. The molecule has 2 aromatic heterocycles. The normalized spacial score (nSPS) is 20.7. The fourth-order valence-electron chi connectivity index (χ4n) is 3.33. The third-order valence-corrected chi connectivity index (χ3v) is 6.31. The molecule has 0 spiro atoms. The van der Waals surface area contributed by atoms with Crippen molar-refractivity contribution in [3.05, 3.63) is 46.1 Å². The van der Waals surface area contributed by atoms with Gasteiger partial charge in [-0.1, -0.05) is 12.8 Å². The smallest absolute Gasteiger partial charge is 0.144 e. The number of pyridine rings is 1. The van der Waals surface area contributed by atoms with Crippen LogP contribution < -0.4 is 4.74 Å². The molecule has 130 valence electrons. The third-order valence-electron chi connectivity index (χ3n) is 4.67. The van der Waals surface area contributed by atoms with Gasteiger partial charge in [0.05, 0.1) is 25.8 Å².